The molecule has 3 unspecified atom stereocenters. The second-order valence-corrected chi connectivity index (χ2v) is 11.2. The third-order valence-corrected chi connectivity index (χ3v) is 8.33. The predicted octanol–water partition coefficient (Wildman–Crippen LogP) is 5.16. The van der Waals surface area contributed by atoms with Crippen molar-refractivity contribution in [1.82, 2.24) is 20.2 Å². The van der Waals surface area contributed by atoms with Gasteiger partial charge in [0.25, 0.3) is 5.91 Å². The maximum Gasteiger partial charge on any atom is 0.271 e. The van der Waals surface area contributed by atoms with Gasteiger partial charge in [-0.25, -0.2) is 5.43 Å². The van der Waals surface area contributed by atoms with Crippen LogP contribution < -0.4 is 5.43 Å². The zero-order valence-corrected chi connectivity index (χ0v) is 22.9. The van der Waals surface area contributed by atoms with Crippen LogP contribution in [0.5, 0.6) is 0 Å². The normalized spacial score (nSPS) is 23.4. The van der Waals surface area contributed by atoms with Crippen molar-refractivity contribution < 1.29 is 9.59 Å². The summed E-state index contributed by atoms with van der Waals surface area (Å²) in [5.41, 5.74) is 7.93. The van der Waals surface area contributed by atoms with Gasteiger partial charge in [0.15, 0.2) is 0 Å². The van der Waals surface area contributed by atoms with Gasteiger partial charge in [-0.15, -0.1) is 0 Å². The molecule has 3 heterocycles. The monoisotopic (exact) mass is 514 g/mol. The highest BCUT2D eigenvalue weighted by Gasteiger charge is 2.42. The zero-order chi connectivity index (χ0) is 26.5. The Labute approximate surface area is 227 Å². The Bertz CT molecular complexity index is 1130. The van der Waals surface area contributed by atoms with Crippen molar-refractivity contribution >= 4 is 11.8 Å². The molecule has 2 saturated heterocycles. The van der Waals surface area contributed by atoms with E-state index in [4.69, 9.17) is 0 Å². The molecule has 0 saturated carbocycles. The van der Waals surface area contributed by atoms with E-state index < -0.39 is 0 Å². The lowest BCUT2D eigenvalue weighted by Crippen LogP contribution is -2.59. The number of rotatable bonds is 9. The number of likely N-dealkylation sites (tertiary alicyclic amines) is 1. The van der Waals surface area contributed by atoms with Crippen molar-refractivity contribution in [2.24, 2.45) is 0 Å². The van der Waals surface area contributed by atoms with Gasteiger partial charge in [0, 0.05) is 19.1 Å². The number of piperazine rings is 1. The van der Waals surface area contributed by atoms with E-state index in [2.05, 4.69) is 83.8 Å². The van der Waals surface area contributed by atoms with Gasteiger partial charge in [-0.1, -0.05) is 86.3 Å². The van der Waals surface area contributed by atoms with Gasteiger partial charge >= 0.3 is 0 Å². The lowest BCUT2D eigenvalue weighted by atomic mass is 9.95. The molecule has 3 atom stereocenters. The fraction of sp³-hybridized carbons (Fsp3) is 0.500. The van der Waals surface area contributed by atoms with Gasteiger partial charge in [0.1, 0.15) is 12.2 Å². The predicted molar refractivity (Wildman–Crippen MR) is 151 cm³/mol. The second-order valence-electron chi connectivity index (χ2n) is 11.2. The summed E-state index contributed by atoms with van der Waals surface area (Å²) in [6.07, 6.45) is 10.6. The average Bonchev–Trinajstić information content (AvgIpc) is 3.39. The molecule has 0 aromatic heterocycles. The first kappa shape index (κ1) is 26.5. The molecule has 0 spiro atoms. The molecule has 5 rings (SSSR count). The van der Waals surface area contributed by atoms with Crippen LogP contribution in [0, 0.1) is 6.92 Å². The number of unbranched alkanes of at least 4 members (excludes halogenated alkanes) is 2. The molecule has 2 aromatic carbocycles. The number of hydrogen-bond donors (Lipinski definition) is 1. The van der Waals surface area contributed by atoms with Crippen LogP contribution in [0.15, 0.2) is 66.4 Å². The Hall–Kier alpha value is -3.12. The molecule has 6 heteroatoms. The number of nitrogens with zero attached hydrogens (tertiary/aromatic N) is 3. The minimum absolute atomic E-state index is 0.0313. The molecule has 2 aromatic rings. The van der Waals surface area contributed by atoms with E-state index in [1.165, 1.54) is 17.5 Å². The quantitative estimate of drug-likeness (QED) is 0.470. The minimum Gasteiger partial charge on any atom is -0.338 e. The van der Waals surface area contributed by atoms with E-state index in [0.717, 1.165) is 57.1 Å². The zero-order valence-electron chi connectivity index (χ0n) is 22.9. The highest BCUT2D eigenvalue weighted by Crippen LogP contribution is 2.32. The summed E-state index contributed by atoms with van der Waals surface area (Å²) >= 11 is 0. The SMILES string of the molecule is CCCCCC1CN(CC(=O)N2CCCCC2Cc2ccccc2)C(=O)C2=CC(c3ccc(C)cc3)NN21. The van der Waals surface area contributed by atoms with Crippen LogP contribution >= 0.6 is 0 Å². The summed E-state index contributed by atoms with van der Waals surface area (Å²) in [7, 11) is 0. The summed E-state index contributed by atoms with van der Waals surface area (Å²) in [4.78, 5) is 31.3. The van der Waals surface area contributed by atoms with Gasteiger partial charge in [-0.05, 0) is 56.2 Å². The molecule has 202 valence electrons. The number of hydrazine groups is 1. The number of amides is 2. The van der Waals surface area contributed by atoms with Crippen LogP contribution in [0.1, 0.15) is 74.6 Å². The summed E-state index contributed by atoms with van der Waals surface area (Å²) < 4.78 is 0. The Morgan fingerprint density at radius 3 is 2.55 bits per heavy atom. The first-order chi connectivity index (χ1) is 18.5. The van der Waals surface area contributed by atoms with E-state index in [1.807, 2.05) is 11.0 Å². The van der Waals surface area contributed by atoms with Crippen molar-refractivity contribution in [2.75, 3.05) is 19.6 Å². The first-order valence-electron chi connectivity index (χ1n) is 14.5. The Kier molecular flexibility index (Phi) is 8.48. The van der Waals surface area contributed by atoms with Gasteiger partial charge in [0.05, 0.1) is 12.1 Å². The van der Waals surface area contributed by atoms with Crippen LogP contribution in [-0.4, -0.2) is 58.3 Å². The summed E-state index contributed by atoms with van der Waals surface area (Å²) in [5.74, 6) is 0.0465. The van der Waals surface area contributed by atoms with E-state index in [0.29, 0.717) is 12.2 Å². The summed E-state index contributed by atoms with van der Waals surface area (Å²) in [6, 6.07) is 19.3. The largest absolute Gasteiger partial charge is 0.338 e. The molecular formula is C32H42N4O2. The number of carbonyl (C=O) groups excluding carboxylic acids is 2. The molecule has 6 nitrogen and oxygen atoms in total. The fourth-order valence-electron chi connectivity index (χ4n) is 6.16. The Morgan fingerprint density at radius 2 is 1.79 bits per heavy atom. The van der Waals surface area contributed by atoms with Crippen LogP contribution in [0.4, 0.5) is 0 Å². The van der Waals surface area contributed by atoms with Gasteiger partial charge in [-0.3, -0.25) is 14.6 Å². The maximum atomic E-state index is 13.7. The number of aryl methyl sites for hydroxylation is 1. The van der Waals surface area contributed by atoms with Crippen molar-refractivity contribution in [3.8, 4) is 0 Å². The standard InChI is InChI=1S/C32H42N4O2/c1-3-4-6-14-28-22-34(32(38)30-21-29(33-36(28)30)26-17-15-24(2)16-18-26)23-31(37)35-19-10-9-13-27(35)20-25-11-7-5-8-12-25/h5,7-8,11-12,15-18,21,27-29,33H,3-4,6,9-10,13-14,19-20,22-23H2,1-2H3. The van der Waals surface area contributed by atoms with E-state index in [1.54, 1.807) is 0 Å². The fourth-order valence-corrected chi connectivity index (χ4v) is 6.16. The highest BCUT2D eigenvalue weighted by molar-refractivity contribution is 5.96. The van der Waals surface area contributed by atoms with Gasteiger partial charge in [-0.2, -0.15) is 0 Å². The maximum absolute atomic E-state index is 13.7. The van der Waals surface area contributed by atoms with E-state index in [9.17, 15) is 9.59 Å². The highest BCUT2D eigenvalue weighted by atomic mass is 16.2. The third kappa shape index (κ3) is 5.96. The topological polar surface area (TPSA) is 55.9 Å². The number of carbonyl (C=O) groups is 2. The molecule has 0 aliphatic carbocycles. The van der Waals surface area contributed by atoms with Crippen molar-refractivity contribution in [3.63, 3.8) is 0 Å². The molecule has 3 aliphatic rings. The lowest BCUT2D eigenvalue weighted by molar-refractivity contribution is -0.144. The minimum atomic E-state index is -0.0381. The first-order valence-corrected chi connectivity index (χ1v) is 14.5. The number of piperidine rings is 1. The summed E-state index contributed by atoms with van der Waals surface area (Å²) in [6.45, 7) is 5.82. The van der Waals surface area contributed by atoms with Crippen LogP contribution in [0.25, 0.3) is 0 Å². The molecule has 0 radical (unpaired) electrons. The van der Waals surface area contributed by atoms with Crippen molar-refractivity contribution in [3.05, 3.63) is 83.1 Å². The van der Waals surface area contributed by atoms with Gasteiger partial charge < -0.3 is 9.80 Å². The van der Waals surface area contributed by atoms with Crippen LogP contribution in [-0.2, 0) is 16.0 Å². The molecule has 1 N–H and O–H groups in total. The smallest absolute Gasteiger partial charge is 0.271 e. The molecule has 3 aliphatic heterocycles. The Morgan fingerprint density at radius 1 is 1.00 bits per heavy atom. The molecule has 2 fully saturated rings. The van der Waals surface area contributed by atoms with Gasteiger partial charge in [0.2, 0.25) is 5.91 Å². The molecule has 38 heavy (non-hydrogen) atoms. The summed E-state index contributed by atoms with van der Waals surface area (Å²) in [5, 5.41) is 2.10. The average molecular weight is 515 g/mol. The Balaban J connectivity index is 1.32. The molecular weight excluding hydrogens is 472 g/mol. The van der Waals surface area contributed by atoms with E-state index in [-0.39, 0.29) is 36.5 Å². The van der Waals surface area contributed by atoms with Crippen molar-refractivity contribution in [1.29, 1.82) is 0 Å². The van der Waals surface area contributed by atoms with Crippen LogP contribution in [0.3, 0.4) is 0 Å². The lowest BCUT2D eigenvalue weighted by Gasteiger charge is -2.43. The van der Waals surface area contributed by atoms with E-state index >= 15 is 0 Å². The number of hydrogen-bond acceptors (Lipinski definition) is 4. The second kappa shape index (κ2) is 12.2. The van der Waals surface area contributed by atoms with Crippen LogP contribution in [0.2, 0.25) is 0 Å². The van der Waals surface area contributed by atoms with Crippen molar-refractivity contribution in [2.45, 2.75) is 83.3 Å². The number of nitrogens with one attached hydrogen (secondary N) is 1. The number of benzene rings is 2. The number of fused-ring (bicyclic) bond motifs is 1. The molecule has 0 bridgehead atoms. The molecule has 2 amide bonds. The third-order valence-electron chi connectivity index (χ3n) is 8.33.